The number of amides is 2. The number of carbonyl (C=O) groups excluding carboxylic acids is 2. The summed E-state index contributed by atoms with van der Waals surface area (Å²) in [6.45, 7) is 1.64. The van der Waals surface area contributed by atoms with Gasteiger partial charge in [-0.25, -0.2) is 0 Å². The van der Waals surface area contributed by atoms with Gasteiger partial charge in [-0.2, -0.15) is 0 Å². The van der Waals surface area contributed by atoms with Crippen molar-refractivity contribution in [2.45, 2.75) is 25.7 Å². The number of nitrogens with one attached hydrogen (secondary N) is 1. The summed E-state index contributed by atoms with van der Waals surface area (Å²) in [5.74, 6) is -0.176. The molecule has 142 valence electrons. The molecule has 0 spiro atoms. The normalized spacial score (nSPS) is 14.5. The lowest BCUT2D eigenvalue weighted by Crippen LogP contribution is -2.31. The molecule has 28 heavy (non-hydrogen) atoms. The van der Waals surface area contributed by atoms with Crippen molar-refractivity contribution < 1.29 is 9.59 Å². The number of hydrogen-bond donors (Lipinski definition) is 1. The van der Waals surface area contributed by atoms with E-state index >= 15 is 0 Å². The van der Waals surface area contributed by atoms with Crippen LogP contribution in [0, 0.1) is 0 Å². The van der Waals surface area contributed by atoms with E-state index in [2.05, 4.69) is 15.3 Å². The van der Waals surface area contributed by atoms with E-state index in [0.717, 1.165) is 36.8 Å². The van der Waals surface area contributed by atoms with Gasteiger partial charge in [0.25, 0.3) is 11.8 Å². The first kappa shape index (κ1) is 18.1. The monoisotopic (exact) mass is 374 g/mol. The lowest BCUT2D eigenvalue weighted by Gasteiger charge is -2.20. The molecule has 2 amide bonds. The summed E-state index contributed by atoms with van der Waals surface area (Å²) in [5, 5.41) is 3.72. The van der Waals surface area contributed by atoms with Gasteiger partial charge in [0.1, 0.15) is 0 Å². The molecular weight excluding hydrogens is 352 g/mol. The summed E-state index contributed by atoms with van der Waals surface area (Å²) >= 11 is 0. The second-order valence-corrected chi connectivity index (χ2v) is 7.03. The van der Waals surface area contributed by atoms with Crippen LogP contribution in [0.4, 0.5) is 5.69 Å². The molecule has 0 atom stereocenters. The fraction of sp³-hybridized carbons (Fsp3) is 0.273. The Morgan fingerprint density at radius 2 is 1.64 bits per heavy atom. The summed E-state index contributed by atoms with van der Waals surface area (Å²) in [6, 6.07) is 10.7. The standard InChI is InChI=1S/C22H22N4O2/c27-21(18-13-17-9-10-23-15-20(17)24-14-18)25-19-7-5-16(6-8-19)22(28)26-11-3-1-2-4-12-26/h5-10,13-15H,1-4,11-12H2,(H,25,27). The van der Waals surface area contributed by atoms with Crippen LogP contribution in [0.1, 0.15) is 46.4 Å². The Bertz CT molecular complexity index is 993. The van der Waals surface area contributed by atoms with Gasteiger partial charge in [0.05, 0.1) is 17.3 Å². The molecule has 3 aromatic rings. The number of anilines is 1. The van der Waals surface area contributed by atoms with E-state index in [1.807, 2.05) is 11.0 Å². The number of likely N-dealkylation sites (tertiary alicyclic amines) is 1. The summed E-state index contributed by atoms with van der Waals surface area (Å²) in [4.78, 5) is 35.4. The van der Waals surface area contributed by atoms with Crippen LogP contribution in [0.25, 0.3) is 10.9 Å². The van der Waals surface area contributed by atoms with Crippen LogP contribution in [-0.4, -0.2) is 39.8 Å². The lowest BCUT2D eigenvalue weighted by atomic mass is 10.1. The van der Waals surface area contributed by atoms with Crippen LogP contribution in [-0.2, 0) is 0 Å². The highest BCUT2D eigenvalue weighted by atomic mass is 16.2. The molecular formula is C22H22N4O2. The molecule has 2 aromatic heterocycles. The predicted octanol–water partition coefficient (Wildman–Crippen LogP) is 3.90. The third-order valence-electron chi connectivity index (χ3n) is 5.03. The van der Waals surface area contributed by atoms with E-state index in [1.165, 1.54) is 19.0 Å². The van der Waals surface area contributed by atoms with E-state index in [1.54, 1.807) is 42.7 Å². The van der Waals surface area contributed by atoms with Crippen molar-refractivity contribution in [1.82, 2.24) is 14.9 Å². The minimum absolute atomic E-state index is 0.0621. The first-order valence-corrected chi connectivity index (χ1v) is 9.61. The third kappa shape index (κ3) is 4.01. The minimum atomic E-state index is -0.238. The second-order valence-electron chi connectivity index (χ2n) is 7.03. The van der Waals surface area contributed by atoms with Gasteiger partial charge in [0.2, 0.25) is 0 Å². The second kappa shape index (κ2) is 8.17. The van der Waals surface area contributed by atoms with Gasteiger partial charge in [0.15, 0.2) is 0 Å². The average molecular weight is 374 g/mol. The molecule has 6 nitrogen and oxygen atoms in total. The summed E-state index contributed by atoms with van der Waals surface area (Å²) < 4.78 is 0. The molecule has 4 rings (SSSR count). The Hall–Kier alpha value is -3.28. The van der Waals surface area contributed by atoms with Gasteiger partial charge in [-0.3, -0.25) is 19.6 Å². The summed E-state index contributed by atoms with van der Waals surface area (Å²) in [5.41, 5.74) is 2.52. The molecule has 0 unspecified atom stereocenters. The highest BCUT2D eigenvalue weighted by Crippen LogP contribution is 2.17. The molecule has 6 heteroatoms. The van der Waals surface area contributed by atoms with Crippen LogP contribution >= 0.6 is 0 Å². The quantitative estimate of drug-likeness (QED) is 0.754. The van der Waals surface area contributed by atoms with Gasteiger partial charge in [-0.15, -0.1) is 0 Å². The van der Waals surface area contributed by atoms with Gasteiger partial charge < -0.3 is 10.2 Å². The van der Waals surface area contributed by atoms with Gasteiger partial charge in [0, 0.05) is 42.1 Å². The van der Waals surface area contributed by atoms with Crippen molar-refractivity contribution in [2.75, 3.05) is 18.4 Å². The Kier molecular flexibility index (Phi) is 5.28. The van der Waals surface area contributed by atoms with E-state index in [-0.39, 0.29) is 11.8 Å². The van der Waals surface area contributed by atoms with E-state index in [4.69, 9.17) is 0 Å². The highest BCUT2D eigenvalue weighted by molar-refractivity contribution is 6.06. The molecule has 3 heterocycles. The van der Waals surface area contributed by atoms with E-state index < -0.39 is 0 Å². The lowest BCUT2D eigenvalue weighted by molar-refractivity contribution is 0.0761. The molecule has 0 bridgehead atoms. The van der Waals surface area contributed by atoms with Crippen LogP contribution < -0.4 is 5.32 Å². The minimum Gasteiger partial charge on any atom is -0.339 e. The summed E-state index contributed by atoms with van der Waals surface area (Å²) in [7, 11) is 0. The van der Waals surface area contributed by atoms with Crippen LogP contribution in [0.3, 0.4) is 0 Å². The molecule has 1 saturated heterocycles. The van der Waals surface area contributed by atoms with Crippen molar-refractivity contribution in [1.29, 1.82) is 0 Å². The number of nitrogens with zero attached hydrogens (tertiary/aromatic N) is 3. The van der Waals surface area contributed by atoms with E-state index in [0.29, 0.717) is 16.8 Å². The Morgan fingerprint density at radius 1 is 0.893 bits per heavy atom. The fourth-order valence-electron chi connectivity index (χ4n) is 3.45. The third-order valence-corrected chi connectivity index (χ3v) is 5.03. The zero-order chi connectivity index (χ0) is 19.3. The van der Waals surface area contributed by atoms with Crippen LogP contribution in [0.5, 0.6) is 0 Å². The number of fused-ring (bicyclic) bond motifs is 1. The Labute approximate surface area is 163 Å². The maximum atomic E-state index is 12.7. The summed E-state index contributed by atoms with van der Waals surface area (Å²) in [6.07, 6.45) is 9.38. The molecule has 1 aliphatic heterocycles. The first-order valence-electron chi connectivity index (χ1n) is 9.61. The zero-order valence-electron chi connectivity index (χ0n) is 15.6. The van der Waals surface area contributed by atoms with Crippen molar-refractivity contribution >= 4 is 28.4 Å². The molecule has 1 N–H and O–H groups in total. The maximum absolute atomic E-state index is 12.7. The molecule has 1 fully saturated rings. The molecule has 1 aromatic carbocycles. The highest BCUT2D eigenvalue weighted by Gasteiger charge is 2.17. The number of rotatable bonds is 3. The topological polar surface area (TPSA) is 75.2 Å². The van der Waals surface area contributed by atoms with Crippen molar-refractivity contribution in [3.8, 4) is 0 Å². The number of aromatic nitrogens is 2. The number of pyridine rings is 2. The van der Waals surface area contributed by atoms with Gasteiger partial charge in [-0.1, -0.05) is 12.8 Å². The van der Waals surface area contributed by atoms with Crippen molar-refractivity contribution in [2.24, 2.45) is 0 Å². The van der Waals surface area contributed by atoms with Crippen LogP contribution in [0.15, 0.2) is 55.0 Å². The fourth-order valence-corrected chi connectivity index (χ4v) is 3.45. The molecule has 0 aliphatic carbocycles. The Morgan fingerprint density at radius 3 is 2.39 bits per heavy atom. The predicted molar refractivity (Wildman–Crippen MR) is 108 cm³/mol. The molecule has 0 radical (unpaired) electrons. The number of carbonyl (C=O) groups is 2. The number of hydrogen-bond acceptors (Lipinski definition) is 4. The zero-order valence-corrected chi connectivity index (χ0v) is 15.6. The largest absolute Gasteiger partial charge is 0.339 e. The van der Waals surface area contributed by atoms with E-state index in [9.17, 15) is 9.59 Å². The van der Waals surface area contributed by atoms with Crippen LogP contribution in [0.2, 0.25) is 0 Å². The van der Waals surface area contributed by atoms with Crippen molar-refractivity contribution in [3.63, 3.8) is 0 Å². The Balaban J connectivity index is 1.44. The SMILES string of the molecule is O=C(Nc1ccc(C(=O)N2CCCCCC2)cc1)c1cnc2cnccc2c1. The van der Waals surface area contributed by atoms with Crippen molar-refractivity contribution in [3.05, 3.63) is 66.1 Å². The first-order chi connectivity index (χ1) is 13.7. The average Bonchev–Trinajstić information content (AvgIpc) is 3.03. The smallest absolute Gasteiger partial charge is 0.257 e. The number of benzene rings is 1. The van der Waals surface area contributed by atoms with Gasteiger partial charge in [-0.05, 0) is 49.2 Å². The van der Waals surface area contributed by atoms with Gasteiger partial charge >= 0.3 is 0 Å². The molecule has 0 saturated carbocycles. The molecule has 1 aliphatic rings. The maximum Gasteiger partial charge on any atom is 0.257 e.